The van der Waals surface area contributed by atoms with Crippen LogP contribution in [0.25, 0.3) is 0 Å². The second kappa shape index (κ2) is 3.04. The van der Waals surface area contributed by atoms with E-state index in [-0.39, 0.29) is 5.54 Å². The highest BCUT2D eigenvalue weighted by molar-refractivity contribution is 5.18. The summed E-state index contributed by atoms with van der Waals surface area (Å²) in [5, 5.41) is 0. The Labute approximate surface area is 100 Å². The molecule has 0 aromatic heterocycles. The molecule has 0 aliphatic heterocycles. The second-order valence-electron chi connectivity index (χ2n) is 7.59. The fraction of sp³-hybridized carbons (Fsp3) is 1.00. The summed E-state index contributed by atoms with van der Waals surface area (Å²) < 4.78 is 0. The fourth-order valence-electron chi connectivity index (χ4n) is 5.37. The third-order valence-corrected chi connectivity index (χ3v) is 6.62. The monoisotopic (exact) mass is 221 g/mol. The van der Waals surface area contributed by atoms with Crippen LogP contribution in [0.3, 0.4) is 0 Å². The van der Waals surface area contributed by atoms with Gasteiger partial charge in [0.1, 0.15) is 0 Å². The second-order valence-corrected chi connectivity index (χ2v) is 7.59. The molecular formula is C15H27N. The van der Waals surface area contributed by atoms with Gasteiger partial charge in [0.2, 0.25) is 0 Å². The van der Waals surface area contributed by atoms with E-state index in [0.29, 0.717) is 5.41 Å². The summed E-state index contributed by atoms with van der Waals surface area (Å²) in [4.78, 5) is 0. The van der Waals surface area contributed by atoms with E-state index >= 15 is 0 Å². The minimum Gasteiger partial charge on any atom is -0.325 e. The summed E-state index contributed by atoms with van der Waals surface area (Å²) in [7, 11) is 0. The zero-order chi connectivity index (χ0) is 11.7. The highest BCUT2D eigenvalue weighted by Gasteiger charge is 2.67. The molecule has 0 radical (unpaired) electrons. The van der Waals surface area contributed by atoms with Crippen LogP contribution in [0.15, 0.2) is 0 Å². The maximum absolute atomic E-state index is 6.84. The minimum absolute atomic E-state index is 0.173. The predicted molar refractivity (Wildman–Crippen MR) is 68.0 cm³/mol. The summed E-state index contributed by atoms with van der Waals surface area (Å²) in [5.74, 6) is 4.32. The number of hydrogen-bond donors (Lipinski definition) is 1. The summed E-state index contributed by atoms with van der Waals surface area (Å²) in [6.07, 6.45) is 5.44. The topological polar surface area (TPSA) is 26.0 Å². The van der Waals surface area contributed by atoms with E-state index in [1.54, 1.807) is 0 Å². The van der Waals surface area contributed by atoms with E-state index in [9.17, 15) is 0 Å². The summed E-state index contributed by atoms with van der Waals surface area (Å²) in [5.41, 5.74) is 7.60. The highest BCUT2D eigenvalue weighted by Crippen LogP contribution is 2.71. The largest absolute Gasteiger partial charge is 0.325 e. The van der Waals surface area contributed by atoms with Crippen molar-refractivity contribution in [3.05, 3.63) is 0 Å². The van der Waals surface area contributed by atoms with Gasteiger partial charge in [-0.25, -0.2) is 0 Å². The minimum atomic E-state index is 0.173. The molecule has 16 heavy (non-hydrogen) atoms. The van der Waals surface area contributed by atoms with Gasteiger partial charge in [0.25, 0.3) is 0 Å². The zero-order valence-electron chi connectivity index (χ0n) is 11.3. The smallest absolute Gasteiger partial charge is 0.0214 e. The molecule has 0 saturated heterocycles. The molecule has 3 fully saturated rings. The lowest BCUT2D eigenvalue weighted by Crippen LogP contribution is -2.51. The molecule has 6 unspecified atom stereocenters. The Balaban J connectivity index is 1.98. The maximum atomic E-state index is 6.84. The Morgan fingerprint density at radius 3 is 2.38 bits per heavy atom. The number of hydrogen-bond acceptors (Lipinski definition) is 1. The van der Waals surface area contributed by atoms with Crippen molar-refractivity contribution in [1.29, 1.82) is 0 Å². The zero-order valence-corrected chi connectivity index (χ0v) is 11.3. The third-order valence-electron chi connectivity index (χ3n) is 6.62. The van der Waals surface area contributed by atoms with Crippen molar-refractivity contribution in [3.63, 3.8) is 0 Å². The Morgan fingerprint density at radius 2 is 1.69 bits per heavy atom. The molecule has 92 valence electrons. The van der Waals surface area contributed by atoms with Gasteiger partial charge < -0.3 is 5.73 Å². The first-order chi connectivity index (χ1) is 7.39. The van der Waals surface area contributed by atoms with Crippen LogP contribution < -0.4 is 5.73 Å². The van der Waals surface area contributed by atoms with Crippen LogP contribution in [0.1, 0.15) is 53.4 Å². The summed E-state index contributed by atoms with van der Waals surface area (Å²) >= 11 is 0. The van der Waals surface area contributed by atoms with Crippen molar-refractivity contribution in [1.82, 2.24) is 0 Å². The van der Waals surface area contributed by atoms with Gasteiger partial charge in [0.05, 0.1) is 0 Å². The fourth-order valence-corrected chi connectivity index (χ4v) is 5.37. The van der Waals surface area contributed by atoms with Crippen LogP contribution in [0, 0.1) is 35.0 Å². The molecule has 3 saturated carbocycles. The van der Waals surface area contributed by atoms with Gasteiger partial charge in [-0.3, -0.25) is 0 Å². The van der Waals surface area contributed by atoms with Gasteiger partial charge in [-0.2, -0.15) is 0 Å². The lowest BCUT2D eigenvalue weighted by molar-refractivity contribution is 0.160. The third kappa shape index (κ3) is 1.16. The molecule has 3 rings (SSSR count). The summed E-state index contributed by atoms with van der Waals surface area (Å²) in [6, 6.07) is 0. The molecular weight excluding hydrogens is 194 g/mol. The van der Waals surface area contributed by atoms with Crippen LogP contribution in [0.2, 0.25) is 0 Å². The van der Waals surface area contributed by atoms with Gasteiger partial charge in [-0.05, 0) is 60.7 Å². The molecule has 6 atom stereocenters. The average molecular weight is 221 g/mol. The maximum Gasteiger partial charge on any atom is 0.0214 e. The number of rotatable bonds is 0. The SMILES string of the molecule is CC1CCC2(N)C(C)CCC3C(C12)C3(C)C. The quantitative estimate of drug-likeness (QED) is 0.666. The predicted octanol–water partition coefficient (Wildman–Crippen LogP) is 3.43. The van der Waals surface area contributed by atoms with E-state index in [1.165, 1.54) is 25.7 Å². The molecule has 2 N–H and O–H groups in total. The molecule has 1 nitrogen and oxygen atoms in total. The van der Waals surface area contributed by atoms with Crippen LogP contribution in [-0.4, -0.2) is 5.54 Å². The first-order valence-corrected chi connectivity index (χ1v) is 7.18. The van der Waals surface area contributed by atoms with Crippen molar-refractivity contribution in [3.8, 4) is 0 Å². The molecule has 0 amide bonds. The number of fused-ring (bicyclic) bond motifs is 3. The van der Waals surface area contributed by atoms with Crippen molar-refractivity contribution < 1.29 is 0 Å². The standard InChI is InChI=1S/C15H27N/c1-9-7-8-15(16)10(2)5-6-11-13(12(9)15)14(11,3)4/h9-13H,5-8,16H2,1-4H3. The van der Waals surface area contributed by atoms with Crippen molar-refractivity contribution >= 4 is 0 Å². The molecule has 3 aliphatic rings. The van der Waals surface area contributed by atoms with E-state index in [1.807, 2.05) is 0 Å². The average Bonchev–Trinajstić information content (AvgIpc) is 2.64. The van der Waals surface area contributed by atoms with Gasteiger partial charge >= 0.3 is 0 Å². The van der Waals surface area contributed by atoms with Gasteiger partial charge in [-0.15, -0.1) is 0 Å². The van der Waals surface area contributed by atoms with Gasteiger partial charge in [0, 0.05) is 5.54 Å². The highest BCUT2D eigenvalue weighted by atomic mass is 14.9. The van der Waals surface area contributed by atoms with Crippen LogP contribution in [-0.2, 0) is 0 Å². The van der Waals surface area contributed by atoms with E-state index in [4.69, 9.17) is 5.73 Å². The normalized spacial score (nSPS) is 58.7. The Kier molecular flexibility index (Phi) is 2.11. The first kappa shape index (κ1) is 11.1. The Bertz CT molecular complexity index is 309. The van der Waals surface area contributed by atoms with Crippen molar-refractivity contribution in [2.75, 3.05) is 0 Å². The Morgan fingerprint density at radius 1 is 1.00 bits per heavy atom. The molecule has 0 aromatic carbocycles. The lowest BCUT2D eigenvalue weighted by atomic mass is 9.71. The summed E-state index contributed by atoms with van der Waals surface area (Å²) in [6.45, 7) is 9.80. The van der Waals surface area contributed by atoms with Gasteiger partial charge in [0.15, 0.2) is 0 Å². The number of nitrogens with two attached hydrogens (primary N) is 1. The van der Waals surface area contributed by atoms with Gasteiger partial charge in [-0.1, -0.05) is 27.7 Å². The van der Waals surface area contributed by atoms with Crippen molar-refractivity contribution in [2.24, 2.45) is 40.7 Å². The molecule has 0 spiro atoms. The van der Waals surface area contributed by atoms with Crippen LogP contribution in [0.4, 0.5) is 0 Å². The molecule has 0 bridgehead atoms. The van der Waals surface area contributed by atoms with Crippen LogP contribution in [0.5, 0.6) is 0 Å². The van der Waals surface area contributed by atoms with E-state index in [2.05, 4.69) is 27.7 Å². The molecule has 0 heterocycles. The van der Waals surface area contributed by atoms with E-state index in [0.717, 1.165) is 29.6 Å². The molecule has 0 aromatic rings. The van der Waals surface area contributed by atoms with Crippen molar-refractivity contribution in [2.45, 2.75) is 58.9 Å². The lowest BCUT2D eigenvalue weighted by Gasteiger charge is -2.39. The Hall–Kier alpha value is -0.0400. The van der Waals surface area contributed by atoms with Crippen LogP contribution >= 0.6 is 0 Å². The van der Waals surface area contributed by atoms with E-state index < -0.39 is 0 Å². The molecule has 1 heteroatoms. The molecule has 3 aliphatic carbocycles. The first-order valence-electron chi connectivity index (χ1n) is 7.18.